The quantitative estimate of drug-likeness (QED) is 0.303. The van der Waals surface area contributed by atoms with Gasteiger partial charge in [0.25, 0.3) is 0 Å². The maximum absolute atomic E-state index is 8.31. The second-order valence-corrected chi connectivity index (χ2v) is 2.23. The summed E-state index contributed by atoms with van der Waals surface area (Å²) in [4.78, 5) is 0. The third-order valence-corrected chi connectivity index (χ3v) is 1.48. The zero-order valence-electron chi connectivity index (χ0n) is 6.86. The number of hydrogen-bond acceptors (Lipinski definition) is 2. The summed E-state index contributed by atoms with van der Waals surface area (Å²) in [5, 5.41) is 11.3. The molecule has 1 aromatic rings. The maximum Gasteiger partial charge on any atom is 0.0898 e. The molecule has 0 aliphatic carbocycles. The highest BCUT2D eigenvalue weighted by Crippen LogP contribution is 1.97. The van der Waals surface area contributed by atoms with Crippen molar-refractivity contribution >= 4 is 6.21 Å². The average molecular weight is 162 g/mol. The van der Waals surface area contributed by atoms with Gasteiger partial charge < -0.3 is 9.77 Å². The van der Waals surface area contributed by atoms with Crippen LogP contribution in [-0.2, 0) is 6.54 Å². The topological polar surface area (TPSA) is 37.5 Å². The summed E-state index contributed by atoms with van der Waals surface area (Å²) in [6.45, 7) is 2.42. The number of oxime groups is 1. The van der Waals surface area contributed by atoms with Crippen molar-refractivity contribution in [2.45, 2.75) is 13.5 Å². The molecule has 0 amide bonds. The van der Waals surface area contributed by atoms with E-state index in [4.69, 9.17) is 5.21 Å². The largest absolute Gasteiger partial charge is 0.411 e. The van der Waals surface area contributed by atoms with Crippen LogP contribution in [0.3, 0.4) is 0 Å². The fourth-order valence-corrected chi connectivity index (χ4v) is 0.912. The summed E-state index contributed by atoms with van der Waals surface area (Å²) in [6.07, 6.45) is 3.28. The molecule has 0 saturated carbocycles. The zero-order chi connectivity index (χ0) is 8.81. The predicted octanol–water partition coefficient (Wildman–Crippen LogP) is 1.32. The molecular weight excluding hydrogens is 152 g/mol. The van der Waals surface area contributed by atoms with Gasteiger partial charge in [0.05, 0.1) is 18.5 Å². The van der Waals surface area contributed by atoms with Crippen molar-refractivity contribution in [3.05, 3.63) is 24.0 Å². The molecule has 0 unspecified atom stereocenters. The lowest BCUT2D eigenvalue weighted by atomic mass is 10.4. The summed E-state index contributed by atoms with van der Waals surface area (Å²) >= 11 is 0. The van der Waals surface area contributed by atoms with Crippen LogP contribution in [0.2, 0.25) is 0 Å². The van der Waals surface area contributed by atoms with Crippen LogP contribution in [0.4, 0.5) is 0 Å². The van der Waals surface area contributed by atoms with Gasteiger partial charge in [0.1, 0.15) is 0 Å². The van der Waals surface area contributed by atoms with Crippen LogP contribution in [-0.4, -0.2) is 16.0 Å². The number of aromatic nitrogens is 1. The van der Waals surface area contributed by atoms with E-state index in [0.717, 1.165) is 5.69 Å². The summed E-state index contributed by atoms with van der Waals surface area (Å²) in [5.41, 5.74) is 0.847. The minimum absolute atomic E-state index is 0.630. The van der Waals surface area contributed by atoms with Gasteiger partial charge in [-0.25, -0.2) is 0 Å². The summed E-state index contributed by atoms with van der Waals surface area (Å²) in [5.74, 6) is 5.72. The molecule has 0 fully saturated rings. The lowest BCUT2D eigenvalue weighted by Gasteiger charge is -1.97. The molecule has 0 saturated heterocycles. The van der Waals surface area contributed by atoms with Crippen LogP contribution in [0.5, 0.6) is 0 Å². The molecule has 3 nitrogen and oxygen atoms in total. The number of hydrogen-bond donors (Lipinski definition) is 1. The summed E-state index contributed by atoms with van der Waals surface area (Å²) in [6, 6.07) is 3.74. The monoisotopic (exact) mass is 162 g/mol. The Morgan fingerprint density at radius 3 is 3.25 bits per heavy atom. The van der Waals surface area contributed by atoms with Crippen molar-refractivity contribution in [1.29, 1.82) is 0 Å². The molecule has 1 aromatic heterocycles. The number of rotatable bonds is 2. The van der Waals surface area contributed by atoms with Gasteiger partial charge in [-0.05, 0) is 19.1 Å². The molecule has 1 N–H and O–H groups in total. The van der Waals surface area contributed by atoms with Crippen molar-refractivity contribution < 1.29 is 5.21 Å². The van der Waals surface area contributed by atoms with Gasteiger partial charge >= 0.3 is 0 Å². The first-order valence-electron chi connectivity index (χ1n) is 3.60. The first-order chi connectivity index (χ1) is 5.88. The molecule has 62 valence electrons. The van der Waals surface area contributed by atoms with Gasteiger partial charge in [-0.1, -0.05) is 11.1 Å². The molecule has 12 heavy (non-hydrogen) atoms. The fraction of sp³-hybridized carbons (Fsp3) is 0.222. The highest BCUT2D eigenvalue weighted by Gasteiger charge is 1.94. The van der Waals surface area contributed by atoms with Crippen LogP contribution in [0.1, 0.15) is 12.6 Å². The van der Waals surface area contributed by atoms with Gasteiger partial charge in [0.2, 0.25) is 0 Å². The van der Waals surface area contributed by atoms with E-state index in [1.165, 1.54) is 6.21 Å². The van der Waals surface area contributed by atoms with Crippen LogP contribution >= 0.6 is 0 Å². The first kappa shape index (κ1) is 8.41. The molecule has 0 bridgehead atoms. The van der Waals surface area contributed by atoms with Crippen LogP contribution in [0.15, 0.2) is 23.5 Å². The first-order valence-corrected chi connectivity index (χ1v) is 3.60. The maximum atomic E-state index is 8.31. The Labute approximate surface area is 71.3 Å². The van der Waals surface area contributed by atoms with Gasteiger partial charge in [0, 0.05) is 6.20 Å². The molecule has 0 aliphatic rings. The average Bonchev–Trinajstić information content (AvgIpc) is 2.50. The van der Waals surface area contributed by atoms with Gasteiger partial charge in [-0.2, -0.15) is 0 Å². The highest BCUT2D eigenvalue weighted by molar-refractivity contribution is 5.76. The van der Waals surface area contributed by atoms with E-state index in [-0.39, 0.29) is 0 Å². The van der Waals surface area contributed by atoms with Crippen LogP contribution in [0.25, 0.3) is 0 Å². The summed E-state index contributed by atoms with van der Waals surface area (Å²) < 4.78 is 1.90. The van der Waals surface area contributed by atoms with Crippen molar-refractivity contribution in [2.75, 3.05) is 0 Å². The zero-order valence-corrected chi connectivity index (χ0v) is 6.86. The third-order valence-electron chi connectivity index (χ3n) is 1.48. The Kier molecular flexibility index (Phi) is 2.97. The minimum Gasteiger partial charge on any atom is -0.411 e. The van der Waals surface area contributed by atoms with Crippen molar-refractivity contribution in [1.82, 2.24) is 4.57 Å². The normalized spacial score (nSPS) is 9.75. The molecule has 1 rings (SSSR count). The van der Waals surface area contributed by atoms with Crippen LogP contribution < -0.4 is 0 Å². The Balaban J connectivity index is 2.81. The molecule has 1 heterocycles. The minimum atomic E-state index is 0.630. The predicted molar refractivity (Wildman–Crippen MR) is 47.3 cm³/mol. The van der Waals surface area contributed by atoms with Gasteiger partial charge in [0.15, 0.2) is 0 Å². The Hall–Kier alpha value is -1.69. The third kappa shape index (κ3) is 1.89. The molecule has 0 spiro atoms. The van der Waals surface area contributed by atoms with Crippen LogP contribution in [0, 0.1) is 11.8 Å². The Morgan fingerprint density at radius 1 is 1.75 bits per heavy atom. The molecule has 0 atom stereocenters. The van der Waals surface area contributed by atoms with E-state index in [0.29, 0.717) is 6.54 Å². The van der Waals surface area contributed by atoms with E-state index in [1.807, 2.05) is 22.9 Å². The number of nitrogens with zero attached hydrogens (tertiary/aromatic N) is 2. The lowest BCUT2D eigenvalue weighted by molar-refractivity contribution is 0.321. The standard InChI is InChI=1S/C9H10N2O/c1-2-3-6-11-7-4-5-9(11)8-10-12/h4-5,7-8,12H,6H2,1H3/b10-8+. The van der Waals surface area contributed by atoms with E-state index in [9.17, 15) is 0 Å². The lowest BCUT2D eigenvalue weighted by Crippen LogP contribution is -1.98. The van der Waals surface area contributed by atoms with Gasteiger partial charge in [-0.15, -0.1) is 5.92 Å². The second-order valence-electron chi connectivity index (χ2n) is 2.23. The summed E-state index contributed by atoms with van der Waals surface area (Å²) in [7, 11) is 0. The SMILES string of the molecule is CC#CCn1cccc1/C=N/O. The van der Waals surface area contributed by atoms with Gasteiger partial charge in [-0.3, -0.25) is 0 Å². The fourth-order valence-electron chi connectivity index (χ4n) is 0.912. The smallest absolute Gasteiger partial charge is 0.0898 e. The molecular formula is C9H10N2O. The Bertz CT molecular complexity index is 328. The van der Waals surface area contributed by atoms with Crippen molar-refractivity contribution in [3.63, 3.8) is 0 Å². The molecule has 0 aromatic carbocycles. The molecule has 3 heteroatoms. The van der Waals surface area contributed by atoms with E-state index < -0.39 is 0 Å². The second kappa shape index (κ2) is 4.24. The van der Waals surface area contributed by atoms with E-state index in [1.54, 1.807) is 6.92 Å². The van der Waals surface area contributed by atoms with Crippen molar-refractivity contribution in [3.8, 4) is 11.8 Å². The van der Waals surface area contributed by atoms with E-state index >= 15 is 0 Å². The Morgan fingerprint density at radius 2 is 2.58 bits per heavy atom. The van der Waals surface area contributed by atoms with Crippen molar-refractivity contribution in [2.24, 2.45) is 5.16 Å². The molecule has 0 radical (unpaired) electrons. The van der Waals surface area contributed by atoms with E-state index in [2.05, 4.69) is 17.0 Å². The molecule has 0 aliphatic heterocycles. The highest BCUT2D eigenvalue weighted by atomic mass is 16.4.